The lowest BCUT2D eigenvalue weighted by molar-refractivity contribution is 0.382. The van der Waals surface area contributed by atoms with Crippen molar-refractivity contribution >= 4 is 9.84 Å². The molecule has 3 unspecified atom stereocenters. The maximum absolute atomic E-state index is 11.6. The molecule has 0 aromatic rings. The van der Waals surface area contributed by atoms with Gasteiger partial charge in [0, 0.05) is 6.04 Å². The lowest BCUT2D eigenvalue weighted by atomic mass is 9.94. The molecule has 1 fully saturated rings. The molecule has 0 amide bonds. The van der Waals surface area contributed by atoms with Crippen molar-refractivity contribution in [3.63, 3.8) is 0 Å². The minimum Gasteiger partial charge on any atom is -0.327 e. The highest BCUT2D eigenvalue weighted by atomic mass is 32.2. The molecule has 4 heteroatoms. The van der Waals surface area contributed by atoms with E-state index in [1.165, 1.54) is 0 Å². The average molecular weight is 233 g/mol. The molecule has 0 aliphatic heterocycles. The molecule has 1 rings (SSSR count). The van der Waals surface area contributed by atoms with Gasteiger partial charge < -0.3 is 5.73 Å². The zero-order valence-corrected chi connectivity index (χ0v) is 10.8. The number of nitrogens with two attached hydrogens (primary N) is 1. The van der Waals surface area contributed by atoms with Crippen molar-refractivity contribution in [2.45, 2.75) is 51.3 Å². The highest BCUT2D eigenvalue weighted by Crippen LogP contribution is 2.33. The van der Waals surface area contributed by atoms with Gasteiger partial charge in [-0.15, -0.1) is 0 Å². The third-order valence-electron chi connectivity index (χ3n) is 3.78. The minimum absolute atomic E-state index is 0.247. The van der Waals surface area contributed by atoms with Crippen LogP contribution >= 0.6 is 0 Å². The number of hydrogen-bond donors (Lipinski definition) is 1. The molecule has 0 aromatic carbocycles. The summed E-state index contributed by atoms with van der Waals surface area (Å²) in [5.41, 5.74) is 5.92. The zero-order chi connectivity index (χ0) is 11.6. The molecular formula is C11H23NO2S. The summed E-state index contributed by atoms with van der Waals surface area (Å²) in [5.74, 6) is 1.31. The summed E-state index contributed by atoms with van der Waals surface area (Å²) >= 11 is 0. The summed E-state index contributed by atoms with van der Waals surface area (Å²) in [7, 11) is -2.87. The van der Waals surface area contributed by atoms with E-state index in [1.54, 1.807) is 13.8 Å². The van der Waals surface area contributed by atoms with Gasteiger partial charge in [-0.3, -0.25) is 0 Å². The van der Waals surface area contributed by atoms with Gasteiger partial charge in [0.2, 0.25) is 0 Å². The Kier molecular flexibility index (Phi) is 4.18. The third kappa shape index (κ3) is 3.18. The van der Waals surface area contributed by atoms with Gasteiger partial charge in [-0.1, -0.05) is 6.92 Å². The number of rotatable bonds is 4. The Morgan fingerprint density at radius 2 is 1.93 bits per heavy atom. The molecule has 0 saturated heterocycles. The molecule has 0 radical (unpaired) electrons. The van der Waals surface area contributed by atoms with Gasteiger partial charge >= 0.3 is 0 Å². The monoisotopic (exact) mass is 233 g/mol. The van der Waals surface area contributed by atoms with E-state index >= 15 is 0 Å². The topological polar surface area (TPSA) is 60.2 Å². The summed E-state index contributed by atoms with van der Waals surface area (Å²) < 4.78 is 23.3. The largest absolute Gasteiger partial charge is 0.327 e. The molecule has 0 heterocycles. The molecule has 0 spiro atoms. The molecule has 3 atom stereocenters. The van der Waals surface area contributed by atoms with Crippen molar-refractivity contribution in [2.75, 3.05) is 5.75 Å². The Bertz CT molecular complexity index is 298. The summed E-state index contributed by atoms with van der Waals surface area (Å²) in [6.45, 7) is 5.64. The molecule has 15 heavy (non-hydrogen) atoms. The number of sulfone groups is 1. The first kappa shape index (κ1) is 13.0. The van der Waals surface area contributed by atoms with E-state index in [1.807, 2.05) is 0 Å². The SMILES string of the molecule is CC1C(N)CCC1CCS(=O)(=O)C(C)C. The standard InChI is InChI=1S/C11H23NO2S/c1-8(2)15(13,14)7-6-10-4-5-11(12)9(10)3/h8-11H,4-7,12H2,1-3H3. The maximum atomic E-state index is 11.6. The quantitative estimate of drug-likeness (QED) is 0.802. The Morgan fingerprint density at radius 1 is 1.33 bits per heavy atom. The van der Waals surface area contributed by atoms with Crippen LogP contribution < -0.4 is 5.73 Å². The second-order valence-corrected chi connectivity index (χ2v) is 7.74. The summed E-state index contributed by atoms with van der Waals surface area (Å²) in [4.78, 5) is 0. The normalized spacial score (nSPS) is 32.5. The first-order valence-electron chi connectivity index (χ1n) is 5.81. The van der Waals surface area contributed by atoms with Gasteiger partial charge in [0.15, 0.2) is 9.84 Å². The maximum Gasteiger partial charge on any atom is 0.152 e. The van der Waals surface area contributed by atoms with Crippen LogP contribution in [-0.4, -0.2) is 25.5 Å². The van der Waals surface area contributed by atoms with Crippen LogP contribution in [0.15, 0.2) is 0 Å². The van der Waals surface area contributed by atoms with E-state index in [4.69, 9.17) is 5.73 Å². The molecule has 2 N–H and O–H groups in total. The van der Waals surface area contributed by atoms with E-state index in [2.05, 4.69) is 6.92 Å². The molecule has 1 aliphatic carbocycles. The smallest absolute Gasteiger partial charge is 0.152 e. The molecule has 0 bridgehead atoms. The van der Waals surface area contributed by atoms with E-state index < -0.39 is 9.84 Å². The lowest BCUT2D eigenvalue weighted by Crippen LogP contribution is -2.26. The van der Waals surface area contributed by atoms with Crippen LogP contribution in [0.2, 0.25) is 0 Å². The molecule has 3 nitrogen and oxygen atoms in total. The van der Waals surface area contributed by atoms with Crippen molar-refractivity contribution in [3.05, 3.63) is 0 Å². The van der Waals surface area contributed by atoms with Crippen LogP contribution in [0.3, 0.4) is 0 Å². The van der Waals surface area contributed by atoms with Crippen molar-refractivity contribution in [1.29, 1.82) is 0 Å². The summed E-state index contributed by atoms with van der Waals surface area (Å²) in [6.07, 6.45) is 2.93. The first-order chi connectivity index (χ1) is 6.84. The predicted octanol–water partition coefficient (Wildman–Crippen LogP) is 1.57. The fourth-order valence-electron chi connectivity index (χ4n) is 2.24. The number of hydrogen-bond acceptors (Lipinski definition) is 3. The Balaban J connectivity index is 2.45. The van der Waals surface area contributed by atoms with E-state index in [0.29, 0.717) is 17.6 Å². The zero-order valence-electron chi connectivity index (χ0n) is 9.94. The van der Waals surface area contributed by atoms with Crippen LogP contribution in [0.4, 0.5) is 0 Å². The molecule has 1 saturated carbocycles. The first-order valence-corrected chi connectivity index (χ1v) is 7.53. The van der Waals surface area contributed by atoms with Crippen LogP contribution in [0, 0.1) is 11.8 Å². The van der Waals surface area contributed by atoms with Crippen LogP contribution in [0.1, 0.15) is 40.0 Å². The van der Waals surface area contributed by atoms with E-state index in [9.17, 15) is 8.42 Å². The van der Waals surface area contributed by atoms with Crippen LogP contribution in [0.5, 0.6) is 0 Å². The van der Waals surface area contributed by atoms with Crippen LogP contribution in [-0.2, 0) is 9.84 Å². The Labute approximate surface area is 93.3 Å². The second kappa shape index (κ2) is 4.83. The van der Waals surface area contributed by atoms with Gasteiger partial charge in [-0.2, -0.15) is 0 Å². The third-order valence-corrected chi connectivity index (χ3v) is 6.02. The predicted molar refractivity (Wildman–Crippen MR) is 63.4 cm³/mol. The van der Waals surface area contributed by atoms with E-state index in [-0.39, 0.29) is 11.3 Å². The molecule has 0 aromatic heterocycles. The Morgan fingerprint density at radius 3 is 2.33 bits per heavy atom. The fraction of sp³-hybridized carbons (Fsp3) is 1.00. The van der Waals surface area contributed by atoms with Gasteiger partial charge in [-0.05, 0) is 44.9 Å². The lowest BCUT2D eigenvalue weighted by Gasteiger charge is -2.18. The van der Waals surface area contributed by atoms with Crippen molar-refractivity contribution in [1.82, 2.24) is 0 Å². The highest BCUT2D eigenvalue weighted by Gasteiger charge is 2.31. The van der Waals surface area contributed by atoms with Crippen molar-refractivity contribution in [2.24, 2.45) is 17.6 Å². The van der Waals surface area contributed by atoms with E-state index in [0.717, 1.165) is 19.3 Å². The van der Waals surface area contributed by atoms with Crippen LogP contribution in [0.25, 0.3) is 0 Å². The van der Waals surface area contributed by atoms with Gasteiger partial charge in [0.05, 0.1) is 11.0 Å². The van der Waals surface area contributed by atoms with Gasteiger partial charge in [0.1, 0.15) is 0 Å². The minimum atomic E-state index is -2.87. The summed E-state index contributed by atoms with van der Waals surface area (Å²) in [5, 5.41) is -0.247. The average Bonchev–Trinajstić information content (AvgIpc) is 2.45. The highest BCUT2D eigenvalue weighted by molar-refractivity contribution is 7.91. The summed E-state index contributed by atoms with van der Waals surface area (Å²) in [6, 6.07) is 0.275. The fourth-order valence-corrected chi connectivity index (χ4v) is 3.34. The van der Waals surface area contributed by atoms with Gasteiger partial charge in [0.25, 0.3) is 0 Å². The van der Waals surface area contributed by atoms with Gasteiger partial charge in [-0.25, -0.2) is 8.42 Å². The molecule has 1 aliphatic rings. The molecule has 90 valence electrons. The Hall–Kier alpha value is -0.0900. The molecular weight excluding hydrogens is 210 g/mol. The second-order valence-electron chi connectivity index (χ2n) is 5.06. The van der Waals surface area contributed by atoms with Crippen molar-refractivity contribution in [3.8, 4) is 0 Å². The van der Waals surface area contributed by atoms with Crippen molar-refractivity contribution < 1.29 is 8.42 Å².